The molecule has 4 heterocycles. The van der Waals surface area contributed by atoms with E-state index in [4.69, 9.17) is 11.6 Å². The Morgan fingerprint density at radius 2 is 2.00 bits per heavy atom. The number of nitrogens with zero attached hydrogens (tertiary/aromatic N) is 5. The van der Waals surface area contributed by atoms with E-state index in [0.717, 1.165) is 9.39 Å². The van der Waals surface area contributed by atoms with Crippen molar-refractivity contribution in [1.82, 2.24) is 24.6 Å². The summed E-state index contributed by atoms with van der Waals surface area (Å²) in [4.78, 5) is 25.3. The quantitative estimate of drug-likeness (QED) is 0.462. The van der Waals surface area contributed by atoms with Crippen LogP contribution in [0.2, 0.25) is 4.34 Å². The minimum atomic E-state index is -4.68. The monoisotopic (exact) mass is 472 g/mol. The van der Waals surface area contributed by atoms with Crippen LogP contribution in [0.25, 0.3) is 16.3 Å². The Kier molecular flexibility index (Phi) is 5.24. The molecule has 0 atom stereocenters. The molecular weight excluding hydrogens is 461 g/mol. The number of thiazole rings is 1. The van der Waals surface area contributed by atoms with E-state index in [0.29, 0.717) is 32.1 Å². The van der Waals surface area contributed by atoms with E-state index >= 15 is 0 Å². The van der Waals surface area contributed by atoms with Crippen LogP contribution < -0.4 is 5.32 Å². The zero-order valence-electron chi connectivity index (χ0n) is 15.4. The molecule has 0 unspecified atom stereocenters. The average molecular weight is 473 g/mol. The van der Waals surface area contributed by atoms with Gasteiger partial charge in [0.15, 0.2) is 5.13 Å². The van der Waals surface area contributed by atoms with Crippen molar-refractivity contribution in [3.63, 3.8) is 0 Å². The van der Waals surface area contributed by atoms with E-state index in [-0.39, 0.29) is 18.1 Å². The fraction of sp³-hybridized carbons (Fsp3) is 0.235. The van der Waals surface area contributed by atoms with Gasteiger partial charge in [-0.3, -0.25) is 4.79 Å². The van der Waals surface area contributed by atoms with Crippen molar-refractivity contribution in [3.05, 3.63) is 44.6 Å². The molecule has 0 saturated carbocycles. The molecule has 4 aromatic heterocycles. The van der Waals surface area contributed by atoms with Crippen molar-refractivity contribution in [2.75, 3.05) is 5.32 Å². The van der Waals surface area contributed by atoms with Gasteiger partial charge >= 0.3 is 6.18 Å². The summed E-state index contributed by atoms with van der Waals surface area (Å²) >= 11 is 8.57. The van der Waals surface area contributed by atoms with Gasteiger partial charge in [0, 0.05) is 22.3 Å². The molecule has 0 aliphatic carbocycles. The number of halogens is 4. The van der Waals surface area contributed by atoms with Crippen LogP contribution in [0.4, 0.5) is 18.3 Å². The molecule has 30 heavy (non-hydrogen) atoms. The number of hydrogen-bond donors (Lipinski definition) is 1. The number of nitrogens with one attached hydrogen (secondary N) is 1. The van der Waals surface area contributed by atoms with Crippen molar-refractivity contribution in [1.29, 1.82) is 0 Å². The molecule has 0 aromatic carbocycles. The zero-order valence-corrected chi connectivity index (χ0v) is 17.8. The average Bonchev–Trinajstić information content (AvgIpc) is 3.37. The summed E-state index contributed by atoms with van der Waals surface area (Å²) in [5, 5.41) is 8.40. The molecule has 0 saturated heterocycles. The zero-order chi connectivity index (χ0) is 21.6. The number of rotatable bonds is 4. The molecule has 0 spiro atoms. The first-order chi connectivity index (χ1) is 14.1. The van der Waals surface area contributed by atoms with Gasteiger partial charge in [0.05, 0.1) is 21.3 Å². The van der Waals surface area contributed by atoms with Crippen LogP contribution >= 0.6 is 34.3 Å². The fourth-order valence-electron chi connectivity index (χ4n) is 2.80. The lowest BCUT2D eigenvalue weighted by Gasteiger charge is -2.09. The minimum Gasteiger partial charge on any atom is -0.302 e. The number of carbonyl (C=O) groups is 1. The highest BCUT2D eigenvalue weighted by molar-refractivity contribution is 7.20. The Bertz CT molecular complexity index is 1260. The highest BCUT2D eigenvalue weighted by Crippen LogP contribution is 2.33. The van der Waals surface area contributed by atoms with E-state index in [1.807, 2.05) is 6.07 Å². The summed E-state index contributed by atoms with van der Waals surface area (Å²) in [5.74, 6) is -1.81. The van der Waals surface area contributed by atoms with Crippen LogP contribution in [0, 0.1) is 13.8 Å². The number of fused-ring (bicyclic) bond motifs is 1. The first kappa shape index (κ1) is 20.7. The minimum absolute atomic E-state index is 0.0957. The summed E-state index contributed by atoms with van der Waals surface area (Å²) in [7, 11) is 0. The number of aryl methyl sites for hydroxylation is 2. The second kappa shape index (κ2) is 7.60. The Morgan fingerprint density at radius 1 is 1.23 bits per heavy atom. The van der Waals surface area contributed by atoms with Crippen LogP contribution in [-0.2, 0) is 17.4 Å². The molecule has 13 heteroatoms. The van der Waals surface area contributed by atoms with Crippen molar-refractivity contribution < 1.29 is 18.0 Å². The first-order valence-corrected chi connectivity index (χ1v) is 10.5. The lowest BCUT2D eigenvalue weighted by molar-refractivity contribution is -0.144. The highest BCUT2D eigenvalue weighted by atomic mass is 35.5. The Balaban J connectivity index is 1.55. The molecule has 0 aliphatic rings. The SMILES string of the molecule is Cc1nc2nc(C(F)(F)F)nn2c(C)c1CC(=O)Nc1nc(-c2ccc(Cl)s2)cs1. The van der Waals surface area contributed by atoms with Gasteiger partial charge in [-0.1, -0.05) is 11.6 Å². The molecule has 7 nitrogen and oxygen atoms in total. The van der Waals surface area contributed by atoms with Crippen LogP contribution in [-0.4, -0.2) is 30.5 Å². The van der Waals surface area contributed by atoms with Crippen molar-refractivity contribution >= 4 is 51.1 Å². The third-order valence-electron chi connectivity index (χ3n) is 4.22. The number of thiophene rings is 1. The van der Waals surface area contributed by atoms with Gasteiger partial charge in [-0.2, -0.15) is 18.2 Å². The van der Waals surface area contributed by atoms with Crippen molar-refractivity contribution in [2.45, 2.75) is 26.4 Å². The third-order valence-corrected chi connectivity index (χ3v) is 6.23. The Hall–Kier alpha value is -2.57. The molecule has 156 valence electrons. The molecule has 4 aromatic rings. The lowest BCUT2D eigenvalue weighted by atomic mass is 10.1. The first-order valence-electron chi connectivity index (χ1n) is 8.43. The Labute approximate surface area is 180 Å². The number of anilines is 1. The van der Waals surface area contributed by atoms with Gasteiger partial charge in [-0.05, 0) is 26.0 Å². The van der Waals surface area contributed by atoms with Gasteiger partial charge in [0.1, 0.15) is 0 Å². The number of carbonyl (C=O) groups excluding carboxylic acids is 1. The summed E-state index contributed by atoms with van der Waals surface area (Å²) < 4.78 is 40.3. The highest BCUT2D eigenvalue weighted by Gasteiger charge is 2.37. The van der Waals surface area contributed by atoms with Gasteiger partial charge < -0.3 is 5.32 Å². The predicted molar refractivity (Wildman–Crippen MR) is 108 cm³/mol. The fourth-order valence-corrected chi connectivity index (χ4v) is 4.61. The maximum Gasteiger partial charge on any atom is 0.453 e. The molecule has 1 amide bonds. The standard InChI is InChI=1S/C17H12ClF3N6OS2/c1-7-9(8(2)27-15(22-7)25-14(26-27)17(19,20)21)5-13(28)24-16-23-10(6-29-16)11-3-4-12(18)30-11/h3-4,6H,5H2,1-2H3,(H,23,24,28). The lowest BCUT2D eigenvalue weighted by Crippen LogP contribution is -2.17. The Morgan fingerprint density at radius 3 is 2.67 bits per heavy atom. The van der Waals surface area contributed by atoms with Crippen molar-refractivity contribution in [3.8, 4) is 10.6 Å². The van der Waals surface area contributed by atoms with Gasteiger partial charge in [-0.15, -0.1) is 27.8 Å². The summed E-state index contributed by atoms with van der Waals surface area (Å²) in [5.41, 5.74) is 1.94. The summed E-state index contributed by atoms with van der Waals surface area (Å²) in [6.07, 6.45) is -4.78. The molecule has 4 rings (SSSR count). The molecule has 0 radical (unpaired) electrons. The second-order valence-corrected chi connectivity index (χ2v) is 8.85. The van der Waals surface area contributed by atoms with E-state index in [9.17, 15) is 18.0 Å². The second-order valence-electron chi connectivity index (χ2n) is 6.27. The summed E-state index contributed by atoms with van der Waals surface area (Å²) in [6, 6.07) is 3.61. The van der Waals surface area contributed by atoms with E-state index in [1.165, 1.54) is 22.7 Å². The largest absolute Gasteiger partial charge is 0.453 e. The maximum atomic E-state index is 12.9. The third kappa shape index (κ3) is 4.02. The molecular formula is C17H12ClF3N6OS2. The molecule has 0 fully saturated rings. The van der Waals surface area contributed by atoms with Gasteiger partial charge in [-0.25, -0.2) is 14.5 Å². The van der Waals surface area contributed by atoms with E-state index in [2.05, 4.69) is 25.4 Å². The molecule has 0 bridgehead atoms. The predicted octanol–water partition coefficient (Wildman–Crippen LogP) is 4.78. The van der Waals surface area contributed by atoms with Gasteiger partial charge in [0.2, 0.25) is 5.91 Å². The summed E-state index contributed by atoms with van der Waals surface area (Å²) in [6.45, 7) is 3.18. The van der Waals surface area contributed by atoms with E-state index < -0.39 is 12.0 Å². The number of aromatic nitrogens is 5. The number of hydrogen-bond acceptors (Lipinski definition) is 7. The maximum absolute atomic E-state index is 12.9. The van der Waals surface area contributed by atoms with Crippen LogP contribution in [0.3, 0.4) is 0 Å². The normalized spacial score (nSPS) is 11.9. The number of amides is 1. The smallest absolute Gasteiger partial charge is 0.302 e. The van der Waals surface area contributed by atoms with Crippen LogP contribution in [0.5, 0.6) is 0 Å². The molecule has 0 aliphatic heterocycles. The van der Waals surface area contributed by atoms with Crippen LogP contribution in [0.15, 0.2) is 17.5 Å². The van der Waals surface area contributed by atoms with Crippen LogP contribution in [0.1, 0.15) is 22.8 Å². The van der Waals surface area contributed by atoms with Gasteiger partial charge in [0.25, 0.3) is 11.6 Å². The molecule has 1 N–H and O–H groups in total. The van der Waals surface area contributed by atoms with Crippen molar-refractivity contribution in [2.24, 2.45) is 0 Å². The number of alkyl halides is 3. The van der Waals surface area contributed by atoms with E-state index in [1.54, 1.807) is 25.3 Å². The topological polar surface area (TPSA) is 85.1 Å².